The minimum Gasteiger partial charge on any atom is -0.370 e. The minimum atomic E-state index is -1.12. The molecule has 1 saturated heterocycles. The number of hydroxylamine groups is 2. The van der Waals surface area contributed by atoms with Crippen molar-refractivity contribution >= 4 is 17.7 Å². The van der Waals surface area contributed by atoms with Crippen molar-refractivity contribution in [2.24, 2.45) is 5.10 Å². The molecular formula is C18H17N3O4. The Hall–Kier alpha value is -3.19. The molecule has 0 bridgehead atoms. The Bertz CT molecular complexity index is 736. The van der Waals surface area contributed by atoms with Crippen LogP contribution < -0.4 is 5.43 Å². The fourth-order valence-corrected chi connectivity index (χ4v) is 2.46. The summed E-state index contributed by atoms with van der Waals surface area (Å²) in [4.78, 5) is 28.3. The predicted octanol–water partition coefficient (Wildman–Crippen LogP) is 2.02. The number of hydrogen-bond donors (Lipinski definition) is 2. The number of rotatable bonds is 4. The molecule has 1 aliphatic heterocycles. The van der Waals surface area contributed by atoms with E-state index in [0.717, 1.165) is 11.1 Å². The molecule has 128 valence electrons. The number of nitrogens with zero attached hydrogens (tertiary/aromatic N) is 2. The van der Waals surface area contributed by atoms with E-state index in [1.807, 2.05) is 60.7 Å². The van der Waals surface area contributed by atoms with Crippen molar-refractivity contribution in [1.29, 1.82) is 0 Å². The molecule has 7 nitrogen and oxygen atoms in total. The molecule has 1 heterocycles. The van der Waals surface area contributed by atoms with E-state index in [-0.39, 0.29) is 12.8 Å². The SMILES string of the molecule is O=C(NN=C(c1ccccc1)c1ccccc1)ON1C(=O)CCC1O. The van der Waals surface area contributed by atoms with Gasteiger partial charge in [0.25, 0.3) is 5.91 Å². The predicted molar refractivity (Wildman–Crippen MR) is 90.2 cm³/mol. The Morgan fingerprint density at radius 2 is 1.64 bits per heavy atom. The molecule has 7 heteroatoms. The van der Waals surface area contributed by atoms with Crippen molar-refractivity contribution in [2.75, 3.05) is 0 Å². The third-order valence-electron chi connectivity index (χ3n) is 3.67. The molecule has 2 aromatic rings. The second-order valence-electron chi connectivity index (χ2n) is 5.42. The van der Waals surface area contributed by atoms with E-state index < -0.39 is 18.2 Å². The van der Waals surface area contributed by atoms with Gasteiger partial charge >= 0.3 is 6.09 Å². The summed E-state index contributed by atoms with van der Waals surface area (Å²) in [5, 5.41) is 14.4. The topological polar surface area (TPSA) is 91.2 Å². The first-order chi connectivity index (χ1) is 12.1. The van der Waals surface area contributed by atoms with Crippen LogP contribution in [-0.4, -0.2) is 34.1 Å². The Kier molecular flexibility index (Phi) is 5.06. The largest absolute Gasteiger partial charge is 0.452 e. The lowest BCUT2D eigenvalue weighted by Gasteiger charge is -2.18. The fourth-order valence-electron chi connectivity index (χ4n) is 2.46. The smallest absolute Gasteiger partial charge is 0.370 e. The summed E-state index contributed by atoms with van der Waals surface area (Å²) in [5.41, 5.74) is 4.44. The lowest BCUT2D eigenvalue weighted by molar-refractivity contribution is -0.189. The lowest BCUT2D eigenvalue weighted by Crippen LogP contribution is -2.38. The average molecular weight is 339 g/mol. The van der Waals surface area contributed by atoms with E-state index in [9.17, 15) is 14.7 Å². The highest BCUT2D eigenvalue weighted by molar-refractivity contribution is 6.13. The van der Waals surface area contributed by atoms with E-state index in [4.69, 9.17) is 4.84 Å². The van der Waals surface area contributed by atoms with Gasteiger partial charge in [0.05, 0.1) is 5.71 Å². The molecule has 2 aromatic carbocycles. The Morgan fingerprint density at radius 3 is 2.12 bits per heavy atom. The van der Waals surface area contributed by atoms with Crippen LogP contribution in [0.25, 0.3) is 0 Å². The maximum absolute atomic E-state index is 11.9. The summed E-state index contributed by atoms with van der Waals surface area (Å²) in [6.07, 6.45) is -1.70. The van der Waals surface area contributed by atoms with Crippen LogP contribution in [0.4, 0.5) is 4.79 Å². The first-order valence-electron chi connectivity index (χ1n) is 7.82. The number of hydrazone groups is 1. The van der Waals surface area contributed by atoms with Gasteiger partial charge in [0, 0.05) is 24.0 Å². The van der Waals surface area contributed by atoms with Crippen LogP contribution in [0.5, 0.6) is 0 Å². The number of hydrogen-bond acceptors (Lipinski definition) is 5. The summed E-state index contributed by atoms with van der Waals surface area (Å²) in [6.45, 7) is 0. The van der Waals surface area contributed by atoms with Gasteiger partial charge in [-0.15, -0.1) is 5.06 Å². The van der Waals surface area contributed by atoms with Gasteiger partial charge in [0.15, 0.2) is 6.23 Å². The zero-order valence-corrected chi connectivity index (χ0v) is 13.3. The van der Waals surface area contributed by atoms with Crippen molar-refractivity contribution in [1.82, 2.24) is 10.5 Å². The van der Waals surface area contributed by atoms with Crippen molar-refractivity contribution < 1.29 is 19.5 Å². The number of nitrogens with one attached hydrogen (secondary N) is 1. The highest BCUT2D eigenvalue weighted by Crippen LogP contribution is 2.16. The van der Waals surface area contributed by atoms with Crippen LogP contribution in [0.15, 0.2) is 65.8 Å². The molecule has 0 spiro atoms. The molecule has 1 fully saturated rings. The van der Waals surface area contributed by atoms with E-state index in [1.54, 1.807) is 0 Å². The van der Waals surface area contributed by atoms with Gasteiger partial charge in [-0.25, -0.2) is 10.2 Å². The maximum Gasteiger partial charge on any atom is 0.452 e. The number of aliphatic hydroxyl groups is 1. The summed E-state index contributed by atoms with van der Waals surface area (Å²) in [7, 11) is 0. The zero-order chi connectivity index (χ0) is 17.6. The number of carbonyl (C=O) groups is 2. The van der Waals surface area contributed by atoms with E-state index in [2.05, 4.69) is 10.5 Å². The number of aliphatic hydroxyl groups excluding tert-OH is 1. The summed E-state index contributed by atoms with van der Waals surface area (Å²) >= 11 is 0. The Balaban J connectivity index is 1.77. The molecule has 2 amide bonds. The lowest BCUT2D eigenvalue weighted by atomic mass is 10.0. The van der Waals surface area contributed by atoms with Crippen LogP contribution in [-0.2, 0) is 9.63 Å². The fraction of sp³-hybridized carbons (Fsp3) is 0.167. The molecule has 1 atom stereocenters. The van der Waals surface area contributed by atoms with Gasteiger partial charge in [-0.1, -0.05) is 60.7 Å². The van der Waals surface area contributed by atoms with Gasteiger partial charge in [0.1, 0.15) is 0 Å². The normalized spacial score (nSPS) is 16.4. The number of benzene rings is 2. The van der Waals surface area contributed by atoms with Gasteiger partial charge < -0.3 is 9.94 Å². The van der Waals surface area contributed by atoms with Gasteiger partial charge in [0.2, 0.25) is 0 Å². The van der Waals surface area contributed by atoms with E-state index in [0.29, 0.717) is 10.8 Å². The first-order valence-corrected chi connectivity index (χ1v) is 7.82. The van der Waals surface area contributed by atoms with Crippen LogP contribution in [0.3, 0.4) is 0 Å². The molecule has 2 N–H and O–H groups in total. The highest BCUT2D eigenvalue weighted by Gasteiger charge is 2.33. The van der Waals surface area contributed by atoms with Crippen molar-refractivity contribution in [3.05, 3.63) is 71.8 Å². The molecule has 0 radical (unpaired) electrons. The molecule has 3 rings (SSSR count). The Morgan fingerprint density at radius 1 is 1.08 bits per heavy atom. The van der Waals surface area contributed by atoms with Gasteiger partial charge in [-0.05, 0) is 0 Å². The third kappa shape index (κ3) is 4.02. The standard InChI is InChI=1S/C18H17N3O4/c22-15-11-12-16(23)21(15)25-18(24)20-19-17(13-7-3-1-4-8-13)14-9-5-2-6-10-14/h1-10,15,22H,11-12H2,(H,20,24). The van der Waals surface area contributed by atoms with E-state index in [1.165, 1.54) is 0 Å². The molecule has 25 heavy (non-hydrogen) atoms. The van der Waals surface area contributed by atoms with Crippen molar-refractivity contribution in [2.45, 2.75) is 19.1 Å². The third-order valence-corrected chi connectivity index (χ3v) is 3.67. The van der Waals surface area contributed by atoms with Crippen molar-refractivity contribution in [3.8, 4) is 0 Å². The molecule has 0 aliphatic carbocycles. The molecule has 1 aliphatic rings. The summed E-state index contributed by atoms with van der Waals surface area (Å²) in [6, 6.07) is 18.7. The molecule has 0 saturated carbocycles. The summed E-state index contributed by atoms with van der Waals surface area (Å²) < 4.78 is 0. The van der Waals surface area contributed by atoms with Gasteiger partial charge in [-0.3, -0.25) is 4.79 Å². The Labute approximate surface area is 144 Å². The quantitative estimate of drug-likeness (QED) is 0.658. The number of amides is 2. The van der Waals surface area contributed by atoms with E-state index >= 15 is 0 Å². The zero-order valence-electron chi connectivity index (χ0n) is 13.3. The average Bonchev–Trinajstić information content (AvgIpc) is 2.96. The van der Waals surface area contributed by atoms with Gasteiger partial charge in [-0.2, -0.15) is 5.10 Å². The molecular weight excluding hydrogens is 322 g/mol. The van der Waals surface area contributed by atoms with Crippen LogP contribution >= 0.6 is 0 Å². The van der Waals surface area contributed by atoms with Crippen LogP contribution in [0, 0.1) is 0 Å². The second kappa shape index (κ2) is 7.59. The molecule has 1 unspecified atom stereocenters. The number of carbonyl (C=O) groups excluding carboxylic acids is 2. The van der Waals surface area contributed by atoms with Crippen molar-refractivity contribution in [3.63, 3.8) is 0 Å². The highest BCUT2D eigenvalue weighted by atomic mass is 16.7. The maximum atomic E-state index is 11.9. The summed E-state index contributed by atoms with van der Waals surface area (Å²) in [5.74, 6) is -0.446. The first kappa shape index (κ1) is 16.7. The monoisotopic (exact) mass is 339 g/mol. The van der Waals surface area contributed by atoms with Crippen LogP contribution in [0.2, 0.25) is 0 Å². The molecule has 0 aromatic heterocycles. The van der Waals surface area contributed by atoms with Crippen LogP contribution in [0.1, 0.15) is 24.0 Å². The second-order valence-corrected chi connectivity index (χ2v) is 5.42. The minimum absolute atomic E-state index is 0.136.